The van der Waals surface area contributed by atoms with Crippen LogP contribution in [0.15, 0.2) is 12.2 Å². The molecule has 0 spiro atoms. The van der Waals surface area contributed by atoms with Gasteiger partial charge in [0.05, 0.1) is 6.10 Å². The second-order valence-corrected chi connectivity index (χ2v) is 3.46. The molecule has 0 bridgehead atoms. The summed E-state index contributed by atoms with van der Waals surface area (Å²) < 4.78 is 37.1. The van der Waals surface area contributed by atoms with Crippen molar-refractivity contribution in [3.05, 3.63) is 12.2 Å². The second kappa shape index (κ2) is 7.83. The molecule has 3 N–H and O–H groups in total. The molecule has 1 rings (SSSR count). The van der Waals surface area contributed by atoms with Gasteiger partial charge >= 0.3 is 12.1 Å². The van der Waals surface area contributed by atoms with Crippen molar-refractivity contribution in [2.75, 3.05) is 6.61 Å². The minimum absolute atomic E-state index is 0.117. The van der Waals surface area contributed by atoms with E-state index in [1.165, 1.54) is 6.08 Å². The Hall–Kier alpha value is -1.41. The van der Waals surface area contributed by atoms with Gasteiger partial charge in [-0.05, 0) is 18.9 Å². The Labute approximate surface area is 101 Å². The molecule has 2 atom stereocenters. The molecule has 104 valence electrons. The molecule has 1 fully saturated rings. The number of aldehydes is 1. The topological polar surface area (TPSA) is 89.6 Å². The fourth-order valence-electron chi connectivity index (χ4n) is 1.18. The highest BCUT2D eigenvalue weighted by molar-refractivity contribution is 5.73. The molecule has 2 unspecified atom stereocenters. The van der Waals surface area contributed by atoms with E-state index in [1.54, 1.807) is 6.08 Å². The molecule has 1 aliphatic heterocycles. The zero-order valence-corrected chi connectivity index (χ0v) is 9.39. The zero-order valence-electron chi connectivity index (χ0n) is 9.39. The number of halogens is 3. The smallest absolute Gasteiger partial charge is 0.475 e. The lowest BCUT2D eigenvalue weighted by Crippen LogP contribution is -2.29. The van der Waals surface area contributed by atoms with Crippen LogP contribution in [0, 0.1) is 0 Å². The molecule has 0 aliphatic carbocycles. The maximum atomic E-state index is 10.6. The van der Waals surface area contributed by atoms with Crippen molar-refractivity contribution in [3.8, 4) is 0 Å². The molecule has 1 heterocycles. The normalized spacial score (nSPS) is 23.6. The van der Waals surface area contributed by atoms with Crippen LogP contribution in [0.4, 0.5) is 13.2 Å². The molecule has 5 nitrogen and oxygen atoms in total. The minimum Gasteiger partial charge on any atom is -0.475 e. The van der Waals surface area contributed by atoms with Crippen LogP contribution in [0.2, 0.25) is 0 Å². The van der Waals surface area contributed by atoms with Crippen LogP contribution in [0.25, 0.3) is 0 Å². The number of aliphatic carboxylic acids is 1. The number of nitrogens with two attached hydrogens (primary N) is 1. The summed E-state index contributed by atoms with van der Waals surface area (Å²) in [6.07, 6.45) is 0.753. The third-order valence-corrected chi connectivity index (χ3v) is 2.09. The fourth-order valence-corrected chi connectivity index (χ4v) is 1.18. The summed E-state index contributed by atoms with van der Waals surface area (Å²) in [7, 11) is 0. The minimum atomic E-state index is -5.08. The summed E-state index contributed by atoms with van der Waals surface area (Å²) in [6, 6.07) is 0.145. The van der Waals surface area contributed by atoms with Crippen molar-refractivity contribution < 1.29 is 32.6 Å². The van der Waals surface area contributed by atoms with Gasteiger partial charge in [-0.15, -0.1) is 0 Å². The van der Waals surface area contributed by atoms with Crippen LogP contribution in [0.1, 0.15) is 12.8 Å². The van der Waals surface area contributed by atoms with Gasteiger partial charge in [-0.25, -0.2) is 4.79 Å². The molecule has 0 radical (unpaired) electrons. The fraction of sp³-hybridized carbons (Fsp3) is 0.600. The first kappa shape index (κ1) is 16.6. The first-order valence-electron chi connectivity index (χ1n) is 5.06. The van der Waals surface area contributed by atoms with E-state index in [2.05, 4.69) is 0 Å². The number of hydrogen-bond acceptors (Lipinski definition) is 4. The molecule has 0 aromatic heterocycles. The van der Waals surface area contributed by atoms with Crippen molar-refractivity contribution in [1.29, 1.82) is 0 Å². The van der Waals surface area contributed by atoms with Gasteiger partial charge < -0.3 is 15.6 Å². The highest BCUT2D eigenvalue weighted by atomic mass is 19.4. The van der Waals surface area contributed by atoms with Gasteiger partial charge in [0.2, 0.25) is 0 Å². The molecule has 18 heavy (non-hydrogen) atoms. The van der Waals surface area contributed by atoms with Gasteiger partial charge in [-0.3, -0.25) is 4.79 Å². The van der Waals surface area contributed by atoms with Crippen LogP contribution in [-0.2, 0) is 14.3 Å². The second-order valence-electron chi connectivity index (χ2n) is 3.46. The van der Waals surface area contributed by atoms with E-state index in [0.717, 1.165) is 25.7 Å². The SMILES string of the molecule is NC1CCOC1CC=CC=O.O=C(O)C(F)(F)F. The number of rotatable bonds is 3. The summed E-state index contributed by atoms with van der Waals surface area (Å²) in [4.78, 5) is 18.8. The molecular weight excluding hydrogens is 255 g/mol. The zero-order chi connectivity index (χ0) is 14.2. The van der Waals surface area contributed by atoms with E-state index in [0.29, 0.717) is 0 Å². The number of carboxylic acids is 1. The van der Waals surface area contributed by atoms with Gasteiger partial charge in [0, 0.05) is 12.6 Å². The molecular formula is C10H14F3NO4. The lowest BCUT2D eigenvalue weighted by molar-refractivity contribution is -0.192. The molecule has 0 aromatic carbocycles. The lowest BCUT2D eigenvalue weighted by Gasteiger charge is -2.10. The molecule has 8 heteroatoms. The van der Waals surface area contributed by atoms with Crippen molar-refractivity contribution in [2.24, 2.45) is 5.73 Å². The van der Waals surface area contributed by atoms with Crippen LogP contribution in [-0.4, -0.2) is 42.3 Å². The van der Waals surface area contributed by atoms with Crippen molar-refractivity contribution >= 4 is 12.3 Å². The quantitative estimate of drug-likeness (QED) is 0.586. The predicted molar refractivity (Wildman–Crippen MR) is 55.8 cm³/mol. The first-order valence-corrected chi connectivity index (χ1v) is 5.06. The number of carboxylic acid groups (broad SMARTS) is 1. The van der Waals surface area contributed by atoms with Gasteiger partial charge in [0.15, 0.2) is 0 Å². The largest absolute Gasteiger partial charge is 0.490 e. The summed E-state index contributed by atoms with van der Waals surface area (Å²) in [5.41, 5.74) is 5.71. The van der Waals surface area contributed by atoms with Crippen LogP contribution in [0.3, 0.4) is 0 Å². The monoisotopic (exact) mass is 269 g/mol. The number of hydrogen-bond donors (Lipinski definition) is 2. The van der Waals surface area contributed by atoms with E-state index in [9.17, 15) is 18.0 Å². The highest BCUT2D eigenvalue weighted by Gasteiger charge is 2.38. The highest BCUT2D eigenvalue weighted by Crippen LogP contribution is 2.14. The van der Waals surface area contributed by atoms with E-state index in [-0.39, 0.29) is 12.1 Å². The van der Waals surface area contributed by atoms with Gasteiger partial charge in [0.1, 0.15) is 6.29 Å². The van der Waals surface area contributed by atoms with Gasteiger partial charge in [-0.2, -0.15) is 13.2 Å². The average molecular weight is 269 g/mol. The van der Waals surface area contributed by atoms with E-state index in [4.69, 9.17) is 20.4 Å². The van der Waals surface area contributed by atoms with Crippen LogP contribution < -0.4 is 5.73 Å². The summed E-state index contributed by atoms with van der Waals surface area (Å²) >= 11 is 0. The van der Waals surface area contributed by atoms with Gasteiger partial charge in [0.25, 0.3) is 0 Å². The predicted octanol–water partition coefficient (Wildman–Crippen LogP) is 0.881. The first-order chi connectivity index (χ1) is 8.29. The summed E-state index contributed by atoms with van der Waals surface area (Å²) in [5, 5.41) is 7.12. The Balaban J connectivity index is 0.000000360. The van der Waals surface area contributed by atoms with Crippen molar-refractivity contribution in [1.82, 2.24) is 0 Å². The molecule has 1 aliphatic rings. The standard InChI is InChI=1S/C8H13NO2.C2HF3O2/c9-7-4-6-11-8(7)3-1-2-5-10;3-2(4,5)1(6)7/h1-2,5,7-8H,3-4,6,9H2;(H,6,7). The van der Waals surface area contributed by atoms with Gasteiger partial charge in [-0.1, -0.05) is 6.08 Å². The van der Waals surface area contributed by atoms with E-state index >= 15 is 0 Å². The van der Waals surface area contributed by atoms with Crippen LogP contribution >= 0.6 is 0 Å². The number of ether oxygens (including phenoxy) is 1. The Morgan fingerprint density at radius 3 is 2.39 bits per heavy atom. The van der Waals surface area contributed by atoms with E-state index < -0.39 is 12.1 Å². The number of carbonyl (C=O) groups is 2. The van der Waals surface area contributed by atoms with Crippen LogP contribution in [0.5, 0.6) is 0 Å². The molecule has 1 saturated heterocycles. The summed E-state index contributed by atoms with van der Waals surface area (Å²) in [5.74, 6) is -2.76. The molecule has 0 saturated carbocycles. The Morgan fingerprint density at radius 1 is 1.50 bits per heavy atom. The molecule has 0 aromatic rings. The number of allylic oxidation sites excluding steroid dienone is 1. The van der Waals surface area contributed by atoms with E-state index in [1.807, 2.05) is 0 Å². The average Bonchev–Trinajstić information content (AvgIpc) is 2.64. The maximum absolute atomic E-state index is 10.6. The Morgan fingerprint density at radius 2 is 2.06 bits per heavy atom. The van der Waals surface area contributed by atoms with Crippen molar-refractivity contribution in [2.45, 2.75) is 31.2 Å². The number of alkyl halides is 3. The third-order valence-electron chi connectivity index (χ3n) is 2.09. The number of carbonyl (C=O) groups excluding carboxylic acids is 1. The molecule has 0 amide bonds. The maximum Gasteiger partial charge on any atom is 0.490 e. The lowest BCUT2D eigenvalue weighted by atomic mass is 10.1. The third kappa shape index (κ3) is 7.02. The summed E-state index contributed by atoms with van der Waals surface area (Å²) in [6.45, 7) is 0.751. The Kier molecular flexibility index (Phi) is 7.21. The van der Waals surface area contributed by atoms with Crippen molar-refractivity contribution in [3.63, 3.8) is 0 Å². The Bertz CT molecular complexity index is 304.